The summed E-state index contributed by atoms with van der Waals surface area (Å²) in [6.45, 7) is 2.88. The largest absolute Gasteiger partial charge is 0.387 e. The van der Waals surface area contributed by atoms with Crippen LogP contribution in [0.1, 0.15) is 49.3 Å². The number of β-amino-alcohol motifs (C(OH)–C–C–N with tert-alkyl or cyclic N) is 1. The lowest BCUT2D eigenvalue weighted by atomic mass is 10.0. The molecule has 1 saturated heterocycles. The Kier molecular flexibility index (Phi) is 5.38. The van der Waals surface area contributed by atoms with E-state index in [2.05, 4.69) is 11.0 Å². The maximum atomic E-state index is 10.3. The minimum atomic E-state index is -0.452. The van der Waals surface area contributed by atoms with E-state index in [9.17, 15) is 5.11 Å². The number of benzene rings is 1. The van der Waals surface area contributed by atoms with E-state index in [1.54, 1.807) is 12.1 Å². The average Bonchev–Trinajstić information content (AvgIpc) is 2.41. The molecule has 3 nitrogen and oxygen atoms in total. The second-order valence-corrected chi connectivity index (χ2v) is 5.32. The third-order valence-corrected chi connectivity index (χ3v) is 3.80. The lowest BCUT2D eigenvalue weighted by molar-refractivity contribution is 0.108. The number of hydrogen-bond acceptors (Lipinski definition) is 3. The van der Waals surface area contributed by atoms with Gasteiger partial charge < -0.3 is 10.0 Å². The predicted octanol–water partition coefficient (Wildman–Crippen LogP) is 2.86. The van der Waals surface area contributed by atoms with Gasteiger partial charge in [-0.2, -0.15) is 5.26 Å². The molecule has 0 spiro atoms. The van der Waals surface area contributed by atoms with Crippen LogP contribution in [-0.2, 0) is 0 Å². The fourth-order valence-electron chi connectivity index (χ4n) is 2.63. The van der Waals surface area contributed by atoms with Gasteiger partial charge in [-0.25, -0.2) is 0 Å². The fraction of sp³-hybridized carbons (Fsp3) is 0.562. The van der Waals surface area contributed by atoms with Gasteiger partial charge in [0.25, 0.3) is 0 Å². The number of aliphatic hydroxyl groups excluding tert-OH is 1. The molecule has 0 aromatic heterocycles. The zero-order chi connectivity index (χ0) is 13.5. The molecule has 1 aliphatic rings. The maximum Gasteiger partial charge on any atom is 0.0991 e. The molecular weight excluding hydrogens is 236 g/mol. The highest BCUT2D eigenvalue weighted by Crippen LogP contribution is 2.17. The SMILES string of the molecule is N#Cc1ccc(C(O)CN2CCCCCCC2)cc1. The number of hydrogen-bond donors (Lipinski definition) is 1. The molecule has 3 heteroatoms. The van der Waals surface area contributed by atoms with E-state index in [4.69, 9.17) is 5.26 Å². The summed E-state index contributed by atoms with van der Waals surface area (Å²) in [5, 5.41) is 19.0. The summed E-state index contributed by atoms with van der Waals surface area (Å²) in [4.78, 5) is 2.36. The van der Waals surface area contributed by atoms with Gasteiger partial charge in [-0.1, -0.05) is 31.4 Å². The number of nitriles is 1. The van der Waals surface area contributed by atoms with E-state index < -0.39 is 6.10 Å². The van der Waals surface area contributed by atoms with Crippen molar-refractivity contribution in [1.29, 1.82) is 5.26 Å². The van der Waals surface area contributed by atoms with Crippen LogP contribution in [0.4, 0.5) is 0 Å². The molecule has 0 radical (unpaired) electrons. The third-order valence-electron chi connectivity index (χ3n) is 3.80. The van der Waals surface area contributed by atoms with Crippen molar-refractivity contribution in [2.24, 2.45) is 0 Å². The number of likely N-dealkylation sites (tertiary alicyclic amines) is 1. The minimum Gasteiger partial charge on any atom is -0.387 e. The van der Waals surface area contributed by atoms with E-state index in [1.165, 1.54) is 32.1 Å². The Bertz CT molecular complexity index is 413. The number of rotatable bonds is 3. The van der Waals surface area contributed by atoms with E-state index in [-0.39, 0.29) is 0 Å². The van der Waals surface area contributed by atoms with Gasteiger partial charge in [0.1, 0.15) is 0 Å². The van der Waals surface area contributed by atoms with Crippen molar-refractivity contribution < 1.29 is 5.11 Å². The molecule has 0 aliphatic carbocycles. The summed E-state index contributed by atoms with van der Waals surface area (Å²) < 4.78 is 0. The second-order valence-electron chi connectivity index (χ2n) is 5.32. The monoisotopic (exact) mass is 258 g/mol. The van der Waals surface area contributed by atoms with Crippen molar-refractivity contribution in [2.75, 3.05) is 19.6 Å². The van der Waals surface area contributed by atoms with E-state index >= 15 is 0 Å². The van der Waals surface area contributed by atoms with Crippen LogP contribution >= 0.6 is 0 Å². The predicted molar refractivity (Wildman–Crippen MR) is 75.6 cm³/mol. The molecule has 0 amide bonds. The lowest BCUT2D eigenvalue weighted by Gasteiger charge is -2.26. The minimum absolute atomic E-state index is 0.452. The van der Waals surface area contributed by atoms with Gasteiger partial charge >= 0.3 is 0 Å². The Morgan fingerprint density at radius 2 is 1.63 bits per heavy atom. The molecule has 19 heavy (non-hydrogen) atoms. The van der Waals surface area contributed by atoms with Crippen LogP contribution in [0.5, 0.6) is 0 Å². The molecule has 0 saturated carbocycles. The first-order valence-corrected chi connectivity index (χ1v) is 7.20. The second kappa shape index (κ2) is 7.28. The van der Waals surface area contributed by atoms with Crippen LogP contribution in [0.3, 0.4) is 0 Å². The first-order chi connectivity index (χ1) is 9.29. The summed E-state index contributed by atoms with van der Waals surface area (Å²) in [5.74, 6) is 0. The first-order valence-electron chi connectivity index (χ1n) is 7.20. The van der Waals surface area contributed by atoms with Gasteiger partial charge in [0.2, 0.25) is 0 Å². The van der Waals surface area contributed by atoms with Crippen molar-refractivity contribution in [3.8, 4) is 6.07 Å². The quantitative estimate of drug-likeness (QED) is 0.907. The Labute approximate surface area is 115 Å². The van der Waals surface area contributed by atoms with Gasteiger partial charge in [0.15, 0.2) is 0 Å². The molecule has 1 unspecified atom stereocenters. The van der Waals surface area contributed by atoms with Crippen LogP contribution in [0.2, 0.25) is 0 Å². The Morgan fingerprint density at radius 1 is 1.05 bits per heavy atom. The Morgan fingerprint density at radius 3 is 2.21 bits per heavy atom. The Balaban J connectivity index is 1.91. The van der Waals surface area contributed by atoms with Crippen molar-refractivity contribution in [3.05, 3.63) is 35.4 Å². The fourth-order valence-corrected chi connectivity index (χ4v) is 2.63. The molecule has 2 rings (SSSR count). The number of aliphatic hydroxyl groups is 1. The molecule has 1 aromatic rings. The highest BCUT2D eigenvalue weighted by Gasteiger charge is 2.14. The third kappa shape index (κ3) is 4.34. The van der Waals surface area contributed by atoms with E-state index in [1.807, 2.05) is 12.1 Å². The molecule has 0 bridgehead atoms. The van der Waals surface area contributed by atoms with Crippen LogP contribution < -0.4 is 0 Å². The molecule has 1 N–H and O–H groups in total. The lowest BCUT2D eigenvalue weighted by Crippen LogP contribution is -2.31. The molecule has 1 aliphatic heterocycles. The summed E-state index contributed by atoms with van der Waals surface area (Å²) in [6, 6.07) is 9.35. The molecule has 1 aromatic carbocycles. The number of nitrogens with zero attached hydrogens (tertiary/aromatic N) is 2. The summed E-state index contributed by atoms with van der Waals surface area (Å²) in [6.07, 6.45) is 5.99. The summed E-state index contributed by atoms with van der Waals surface area (Å²) in [7, 11) is 0. The normalized spacial score (nSPS) is 19.2. The summed E-state index contributed by atoms with van der Waals surface area (Å²) >= 11 is 0. The van der Waals surface area contributed by atoms with Gasteiger partial charge in [-0.3, -0.25) is 0 Å². The molecule has 102 valence electrons. The van der Waals surface area contributed by atoms with E-state index in [0.29, 0.717) is 12.1 Å². The zero-order valence-electron chi connectivity index (χ0n) is 11.4. The van der Waals surface area contributed by atoms with Crippen molar-refractivity contribution in [2.45, 2.75) is 38.2 Å². The standard InChI is InChI=1S/C16H22N2O/c17-12-14-6-8-15(9-7-14)16(19)13-18-10-4-2-1-3-5-11-18/h6-9,16,19H,1-5,10-11,13H2. The van der Waals surface area contributed by atoms with Crippen LogP contribution in [0.25, 0.3) is 0 Å². The van der Waals surface area contributed by atoms with Crippen LogP contribution in [-0.4, -0.2) is 29.6 Å². The molecule has 1 heterocycles. The van der Waals surface area contributed by atoms with Crippen LogP contribution in [0, 0.1) is 11.3 Å². The molecular formula is C16H22N2O. The van der Waals surface area contributed by atoms with E-state index in [0.717, 1.165) is 18.7 Å². The highest BCUT2D eigenvalue weighted by molar-refractivity contribution is 5.32. The Hall–Kier alpha value is -1.37. The smallest absolute Gasteiger partial charge is 0.0991 e. The zero-order valence-corrected chi connectivity index (χ0v) is 11.4. The van der Waals surface area contributed by atoms with Gasteiger partial charge in [0, 0.05) is 6.54 Å². The topological polar surface area (TPSA) is 47.3 Å². The summed E-state index contributed by atoms with van der Waals surface area (Å²) in [5.41, 5.74) is 1.54. The first kappa shape index (κ1) is 14.0. The van der Waals surface area contributed by atoms with Crippen molar-refractivity contribution in [1.82, 2.24) is 4.90 Å². The van der Waals surface area contributed by atoms with Crippen molar-refractivity contribution in [3.63, 3.8) is 0 Å². The van der Waals surface area contributed by atoms with Gasteiger partial charge in [0.05, 0.1) is 17.7 Å². The van der Waals surface area contributed by atoms with Gasteiger partial charge in [-0.05, 0) is 43.6 Å². The average molecular weight is 258 g/mol. The maximum absolute atomic E-state index is 10.3. The van der Waals surface area contributed by atoms with Crippen molar-refractivity contribution >= 4 is 0 Å². The highest BCUT2D eigenvalue weighted by atomic mass is 16.3. The molecule has 1 fully saturated rings. The van der Waals surface area contributed by atoms with Crippen LogP contribution in [0.15, 0.2) is 24.3 Å². The molecule has 1 atom stereocenters. The van der Waals surface area contributed by atoms with Gasteiger partial charge in [-0.15, -0.1) is 0 Å².